The van der Waals surface area contributed by atoms with Gasteiger partial charge in [-0.05, 0) is 6.07 Å². The van der Waals surface area contributed by atoms with Crippen molar-refractivity contribution < 1.29 is 14.8 Å². The third-order valence-electron chi connectivity index (χ3n) is 1.83. The van der Waals surface area contributed by atoms with Crippen LogP contribution in [0, 0.1) is 10.1 Å². The van der Waals surface area contributed by atoms with Gasteiger partial charge in [0, 0.05) is 6.07 Å². The molecule has 0 heterocycles. The van der Waals surface area contributed by atoms with Gasteiger partial charge in [0.1, 0.15) is 5.84 Å². The number of carboxylic acids is 1. The van der Waals surface area contributed by atoms with Crippen molar-refractivity contribution in [2.45, 2.75) is 0 Å². The Bertz CT molecular complexity index is 469. The summed E-state index contributed by atoms with van der Waals surface area (Å²) in [6.07, 6.45) is 0. The highest BCUT2D eigenvalue weighted by Crippen LogP contribution is 2.31. The third kappa shape index (κ3) is 2.91. The number of rotatable bonds is 4. The summed E-state index contributed by atoms with van der Waals surface area (Å²) in [4.78, 5) is 24.6. The fraction of sp³-hybridized carbons (Fsp3) is 0.111. The summed E-state index contributed by atoms with van der Waals surface area (Å²) in [6, 6.07) is 3.61. The lowest BCUT2D eigenvalue weighted by Crippen LogP contribution is -2.13. The highest BCUT2D eigenvalue weighted by Gasteiger charge is 2.21. The number of nitrogens with two attached hydrogens (primary N) is 1. The van der Waals surface area contributed by atoms with Crippen LogP contribution < -0.4 is 5.73 Å². The van der Waals surface area contributed by atoms with E-state index in [0.717, 1.165) is 6.07 Å². The van der Waals surface area contributed by atoms with Gasteiger partial charge >= 0.3 is 5.97 Å². The topological polar surface area (TPSA) is 119 Å². The van der Waals surface area contributed by atoms with Crippen LogP contribution in [0.25, 0.3) is 0 Å². The summed E-state index contributed by atoms with van der Waals surface area (Å²) in [7, 11) is 0. The fourth-order valence-corrected chi connectivity index (χ4v) is 1.20. The molecule has 1 aromatic carbocycles. The first-order valence-electron chi connectivity index (χ1n) is 4.37. The Kier molecular flexibility index (Phi) is 4.00. The lowest BCUT2D eigenvalue weighted by atomic mass is 10.1. The summed E-state index contributed by atoms with van der Waals surface area (Å²) < 4.78 is 0. The maximum atomic E-state index is 10.9. The van der Waals surface area contributed by atoms with E-state index in [1.807, 2.05) is 0 Å². The summed E-state index contributed by atoms with van der Waals surface area (Å²) in [5.41, 5.74) is 4.31. The molecule has 3 N–H and O–H groups in total. The molecule has 8 heteroatoms. The summed E-state index contributed by atoms with van der Waals surface area (Å²) in [5.74, 6) is -1.57. The molecule has 0 radical (unpaired) electrons. The van der Waals surface area contributed by atoms with E-state index in [4.69, 9.17) is 22.4 Å². The number of aliphatic imine (C=N–C) groups is 1. The minimum absolute atomic E-state index is 0.0940. The number of nitro groups is 1. The first-order valence-corrected chi connectivity index (χ1v) is 4.90. The SMILES string of the molecule is NC(CCl)=Nc1c(C(=O)O)cccc1[N+](=O)[O-]. The van der Waals surface area contributed by atoms with Crippen molar-refractivity contribution in [2.75, 3.05) is 5.88 Å². The van der Waals surface area contributed by atoms with Gasteiger partial charge < -0.3 is 10.8 Å². The number of amidine groups is 1. The van der Waals surface area contributed by atoms with Crippen molar-refractivity contribution in [1.29, 1.82) is 0 Å². The summed E-state index contributed by atoms with van der Waals surface area (Å²) in [6.45, 7) is 0. The van der Waals surface area contributed by atoms with Gasteiger partial charge in [-0.2, -0.15) is 0 Å². The molecule has 0 unspecified atom stereocenters. The van der Waals surface area contributed by atoms with E-state index >= 15 is 0 Å². The van der Waals surface area contributed by atoms with Crippen molar-refractivity contribution in [1.82, 2.24) is 0 Å². The highest BCUT2D eigenvalue weighted by atomic mass is 35.5. The molecular formula is C9H8ClN3O4. The molecule has 0 saturated heterocycles. The van der Waals surface area contributed by atoms with E-state index in [0.29, 0.717) is 0 Å². The zero-order valence-corrected chi connectivity index (χ0v) is 9.22. The van der Waals surface area contributed by atoms with Crippen molar-refractivity contribution in [3.05, 3.63) is 33.9 Å². The van der Waals surface area contributed by atoms with Crippen LogP contribution in [-0.2, 0) is 0 Å². The summed E-state index contributed by atoms with van der Waals surface area (Å²) in [5, 5.41) is 19.6. The first kappa shape index (κ1) is 12.9. The molecule has 0 amide bonds. The predicted octanol–water partition coefficient (Wildman–Crippen LogP) is 1.52. The Labute approximate surface area is 101 Å². The van der Waals surface area contributed by atoms with Crippen LogP contribution in [0.5, 0.6) is 0 Å². The van der Waals surface area contributed by atoms with Crippen LogP contribution in [0.1, 0.15) is 10.4 Å². The predicted molar refractivity (Wildman–Crippen MR) is 62.1 cm³/mol. The Morgan fingerprint density at radius 1 is 1.59 bits per heavy atom. The molecule has 0 atom stereocenters. The van der Waals surface area contributed by atoms with Gasteiger partial charge in [0.2, 0.25) is 0 Å². The standard InChI is InChI=1S/C9H8ClN3O4/c10-4-7(11)12-8-5(9(14)15)2-1-3-6(8)13(16)17/h1-3H,4H2,(H2,11,12)(H,14,15). The molecule has 7 nitrogen and oxygen atoms in total. The molecule has 0 aliphatic carbocycles. The van der Waals surface area contributed by atoms with Gasteiger partial charge in [0.15, 0.2) is 5.69 Å². The second-order valence-electron chi connectivity index (χ2n) is 2.97. The van der Waals surface area contributed by atoms with Gasteiger partial charge in [-0.1, -0.05) is 6.07 Å². The van der Waals surface area contributed by atoms with Crippen molar-refractivity contribution >= 4 is 34.8 Å². The average Bonchev–Trinajstić information content (AvgIpc) is 2.28. The number of carboxylic acid groups (broad SMARTS) is 1. The number of halogens is 1. The summed E-state index contributed by atoms with van der Waals surface area (Å²) >= 11 is 5.39. The number of alkyl halides is 1. The minimum atomic E-state index is -1.32. The van der Waals surface area contributed by atoms with E-state index in [2.05, 4.69) is 4.99 Å². The van der Waals surface area contributed by atoms with Crippen LogP contribution >= 0.6 is 11.6 Å². The number of hydrogen-bond acceptors (Lipinski definition) is 4. The minimum Gasteiger partial charge on any atom is -0.478 e. The number of para-hydroxylation sites is 1. The van der Waals surface area contributed by atoms with Gasteiger partial charge in [0.25, 0.3) is 5.69 Å². The van der Waals surface area contributed by atoms with Crippen LogP contribution in [-0.4, -0.2) is 27.7 Å². The Balaban J connectivity index is 3.49. The molecule has 0 saturated carbocycles. The smallest absolute Gasteiger partial charge is 0.338 e. The monoisotopic (exact) mass is 257 g/mol. The third-order valence-corrected chi connectivity index (χ3v) is 2.11. The molecule has 1 rings (SSSR count). The molecule has 90 valence electrons. The quantitative estimate of drug-likeness (QED) is 0.279. The van der Waals surface area contributed by atoms with Gasteiger partial charge in [-0.25, -0.2) is 9.79 Å². The molecule has 0 fully saturated rings. The molecule has 0 spiro atoms. The van der Waals surface area contributed by atoms with Crippen LogP contribution in [0.2, 0.25) is 0 Å². The van der Waals surface area contributed by atoms with Crippen molar-refractivity contribution in [2.24, 2.45) is 10.7 Å². The Morgan fingerprint density at radius 2 is 2.24 bits per heavy atom. The van der Waals surface area contributed by atoms with Gasteiger partial charge in [-0.3, -0.25) is 10.1 Å². The van der Waals surface area contributed by atoms with Gasteiger partial charge in [0.05, 0.1) is 16.4 Å². The van der Waals surface area contributed by atoms with Crippen molar-refractivity contribution in [3.8, 4) is 0 Å². The zero-order chi connectivity index (χ0) is 13.0. The second-order valence-corrected chi connectivity index (χ2v) is 3.24. The van der Waals surface area contributed by atoms with Crippen molar-refractivity contribution in [3.63, 3.8) is 0 Å². The molecular weight excluding hydrogens is 250 g/mol. The number of hydrogen-bond donors (Lipinski definition) is 2. The maximum Gasteiger partial charge on any atom is 0.338 e. The van der Waals surface area contributed by atoms with E-state index in [1.54, 1.807) is 0 Å². The number of benzene rings is 1. The van der Waals surface area contributed by atoms with Crippen LogP contribution in [0.4, 0.5) is 11.4 Å². The molecule has 0 aliphatic heterocycles. The Morgan fingerprint density at radius 3 is 2.71 bits per heavy atom. The van der Waals surface area contributed by atoms with E-state index in [9.17, 15) is 14.9 Å². The lowest BCUT2D eigenvalue weighted by Gasteiger charge is -2.02. The number of carbonyl (C=O) groups is 1. The maximum absolute atomic E-state index is 10.9. The van der Waals surface area contributed by atoms with E-state index < -0.39 is 16.6 Å². The molecule has 17 heavy (non-hydrogen) atoms. The number of aromatic carboxylic acids is 1. The second kappa shape index (κ2) is 5.26. The Hall–Kier alpha value is -2.15. The fourth-order valence-electron chi connectivity index (χ4n) is 1.14. The molecule has 0 bridgehead atoms. The van der Waals surface area contributed by atoms with Crippen LogP contribution in [0.3, 0.4) is 0 Å². The zero-order valence-electron chi connectivity index (χ0n) is 8.46. The lowest BCUT2D eigenvalue weighted by molar-refractivity contribution is -0.384. The van der Waals surface area contributed by atoms with E-state index in [1.165, 1.54) is 12.1 Å². The first-order chi connectivity index (χ1) is 7.97. The number of nitrogens with zero attached hydrogens (tertiary/aromatic N) is 2. The molecule has 0 aliphatic rings. The normalized spacial score (nSPS) is 11.2. The average molecular weight is 258 g/mol. The van der Waals surface area contributed by atoms with E-state index in [-0.39, 0.29) is 23.0 Å². The largest absolute Gasteiger partial charge is 0.478 e. The van der Waals surface area contributed by atoms with Crippen LogP contribution in [0.15, 0.2) is 23.2 Å². The highest BCUT2D eigenvalue weighted by molar-refractivity contribution is 6.28. The molecule has 0 aromatic heterocycles. The van der Waals surface area contributed by atoms with Gasteiger partial charge in [-0.15, -0.1) is 11.6 Å². The molecule has 1 aromatic rings. The number of nitro benzene ring substituents is 1.